The standard InChI is InChI=1S/C43H26N2O/c1-2-13-27(14-3-1)44-36-22-9-5-16-30(36)40-38(44)26-25-34-42(40)46-39-24-11-7-19-32(39)43(34)31-18-6-10-23-37(31)45-35-21-8-4-15-28(35)29-17-12-20-33(43)41(29)45/h1-26H. The van der Waals surface area contributed by atoms with Gasteiger partial charge in [0.05, 0.1) is 38.6 Å². The lowest BCUT2D eigenvalue weighted by Crippen LogP contribution is -2.37. The van der Waals surface area contributed by atoms with Gasteiger partial charge in [0.15, 0.2) is 0 Å². The van der Waals surface area contributed by atoms with Crippen LogP contribution in [0.5, 0.6) is 11.5 Å². The number of hydrogen-bond donors (Lipinski definition) is 0. The zero-order valence-corrected chi connectivity index (χ0v) is 24.8. The smallest absolute Gasteiger partial charge is 0.142 e. The monoisotopic (exact) mass is 586 g/mol. The van der Waals surface area contributed by atoms with Gasteiger partial charge >= 0.3 is 0 Å². The second-order valence-electron chi connectivity index (χ2n) is 12.4. The van der Waals surface area contributed by atoms with Gasteiger partial charge in [-0.15, -0.1) is 0 Å². The molecule has 11 rings (SSSR count). The number of ether oxygens (including phenoxy) is 1. The fraction of sp³-hybridized carbons (Fsp3) is 0.0233. The Bertz CT molecular complexity index is 2730. The molecule has 2 aromatic heterocycles. The van der Waals surface area contributed by atoms with E-state index in [0.29, 0.717) is 0 Å². The van der Waals surface area contributed by atoms with Gasteiger partial charge in [0.1, 0.15) is 11.5 Å². The Labute approximate surface area is 265 Å². The van der Waals surface area contributed by atoms with Gasteiger partial charge in [-0.25, -0.2) is 0 Å². The number of aromatic nitrogens is 2. The maximum absolute atomic E-state index is 7.11. The summed E-state index contributed by atoms with van der Waals surface area (Å²) in [6.07, 6.45) is 0. The van der Waals surface area contributed by atoms with Crippen LogP contribution in [0.15, 0.2) is 158 Å². The summed E-state index contributed by atoms with van der Waals surface area (Å²) in [4.78, 5) is 0. The fourth-order valence-electron chi connectivity index (χ4n) is 8.69. The molecule has 7 aromatic carbocycles. The van der Waals surface area contributed by atoms with Crippen molar-refractivity contribution in [2.24, 2.45) is 0 Å². The van der Waals surface area contributed by atoms with Crippen LogP contribution in [0, 0.1) is 0 Å². The topological polar surface area (TPSA) is 19.1 Å². The first-order chi connectivity index (χ1) is 22.9. The highest BCUT2D eigenvalue weighted by molar-refractivity contribution is 6.15. The number of nitrogens with zero attached hydrogens (tertiary/aromatic N) is 2. The Morgan fingerprint density at radius 1 is 0.413 bits per heavy atom. The zero-order chi connectivity index (χ0) is 30.0. The molecule has 1 unspecified atom stereocenters. The third-order valence-electron chi connectivity index (χ3n) is 10.4. The van der Waals surface area contributed by atoms with Gasteiger partial charge < -0.3 is 13.9 Å². The molecule has 2 aliphatic rings. The van der Waals surface area contributed by atoms with Crippen LogP contribution in [0.1, 0.15) is 22.3 Å². The summed E-state index contributed by atoms with van der Waals surface area (Å²) in [5.41, 5.74) is 11.4. The van der Waals surface area contributed by atoms with Crippen molar-refractivity contribution in [1.82, 2.24) is 9.13 Å². The summed E-state index contributed by atoms with van der Waals surface area (Å²) in [5.74, 6) is 1.83. The van der Waals surface area contributed by atoms with E-state index in [0.717, 1.165) is 28.1 Å². The van der Waals surface area contributed by atoms with E-state index >= 15 is 0 Å². The van der Waals surface area contributed by atoms with Gasteiger partial charge in [-0.05, 0) is 53.6 Å². The molecule has 46 heavy (non-hydrogen) atoms. The molecule has 3 nitrogen and oxygen atoms in total. The van der Waals surface area contributed by atoms with Crippen molar-refractivity contribution in [2.45, 2.75) is 5.41 Å². The lowest BCUT2D eigenvalue weighted by Gasteiger charge is -2.45. The Hall–Kier alpha value is -6.06. The van der Waals surface area contributed by atoms with E-state index in [1.54, 1.807) is 0 Å². The molecule has 3 heteroatoms. The second-order valence-corrected chi connectivity index (χ2v) is 12.4. The van der Waals surface area contributed by atoms with Crippen LogP contribution in [-0.4, -0.2) is 9.13 Å². The first-order valence-corrected chi connectivity index (χ1v) is 15.9. The SMILES string of the molecule is c1ccc(-n2c3ccccc3c3c4c(ccc32)C2(c3ccccc3O4)c3ccccc3-n3c4ccccc4c4cccc2c43)cc1. The predicted octanol–water partition coefficient (Wildman–Crippen LogP) is 10.7. The van der Waals surface area contributed by atoms with E-state index in [1.165, 1.54) is 60.6 Å². The number of para-hydroxylation sites is 6. The molecular weight excluding hydrogens is 560 g/mol. The third kappa shape index (κ3) is 2.76. The molecular formula is C43H26N2O. The van der Waals surface area contributed by atoms with Crippen LogP contribution < -0.4 is 4.74 Å². The lowest BCUT2D eigenvalue weighted by molar-refractivity contribution is 0.439. The predicted molar refractivity (Wildman–Crippen MR) is 187 cm³/mol. The quantitative estimate of drug-likeness (QED) is 0.187. The van der Waals surface area contributed by atoms with Crippen LogP contribution in [0.2, 0.25) is 0 Å². The van der Waals surface area contributed by atoms with Crippen molar-refractivity contribution in [3.05, 3.63) is 180 Å². The van der Waals surface area contributed by atoms with Gasteiger partial charge in [-0.3, -0.25) is 0 Å². The molecule has 0 N–H and O–H groups in total. The second kappa shape index (κ2) is 8.56. The van der Waals surface area contributed by atoms with Crippen LogP contribution in [0.25, 0.3) is 55.0 Å². The Morgan fingerprint density at radius 3 is 1.93 bits per heavy atom. The number of hydrogen-bond acceptors (Lipinski definition) is 1. The third-order valence-corrected chi connectivity index (χ3v) is 10.4. The summed E-state index contributed by atoms with van der Waals surface area (Å²) in [6, 6.07) is 57.3. The summed E-state index contributed by atoms with van der Waals surface area (Å²) >= 11 is 0. The van der Waals surface area contributed by atoms with Crippen molar-refractivity contribution < 1.29 is 4.74 Å². The molecule has 0 saturated carbocycles. The van der Waals surface area contributed by atoms with Gasteiger partial charge in [0.25, 0.3) is 0 Å². The largest absolute Gasteiger partial charge is 0.456 e. The minimum absolute atomic E-state index is 0.588. The summed E-state index contributed by atoms with van der Waals surface area (Å²) in [7, 11) is 0. The van der Waals surface area contributed by atoms with Crippen LogP contribution >= 0.6 is 0 Å². The Kier molecular flexibility index (Phi) is 4.52. The number of fused-ring (bicyclic) bond motifs is 15. The average Bonchev–Trinajstić information content (AvgIpc) is 3.65. The minimum Gasteiger partial charge on any atom is -0.456 e. The molecule has 2 aliphatic heterocycles. The molecule has 0 aliphatic carbocycles. The van der Waals surface area contributed by atoms with Crippen molar-refractivity contribution in [2.75, 3.05) is 0 Å². The molecule has 0 fully saturated rings. The highest BCUT2D eigenvalue weighted by Gasteiger charge is 2.50. The Balaban J connectivity index is 1.37. The van der Waals surface area contributed by atoms with Crippen molar-refractivity contribution in [3.8, 4) is 22.9 Å². The van der Waals surface area contributed by atoms with E-state index < -0.39 is 5.41 Å². The van der Waals surface area contributed by atoms with E-state index in [1.807, 2.05) is 0 Å². The van der Waals surface area contributed by atoms with E-state index in [9.17, 15) is 0 Å². The van der Waals surface area contributed by atoms with Crippen molar-refractivity contribution >= 4 is 43.6 Å². The molecule has 0 saturated heterocycles. The van der Waals surface area contributed by atoms with E-state index in [4.69, 9.17) is 4.74 Å². The highest BCUT2D eigenvalue weighted by atomic mass is 16.5. The maximum Gasteiger partial charge on any atom is 0.142 e. The highest BCUT2D eigenvalue weighted by Crippen LogP contribution is 2.61. The minimum atomic E-state index is -0.588. The molecule has 1 atom stereocenters. The fourth-order valence-corrected chi connectivity index (χ4v) is 8.69. The molecule has 1 spiro atoms. The summed E-state index contributed by atoms with van der Waals surface area (Å²) in [6.45, 7) is 0. The van der Waals surface area contributed by atoms with Gasteiger partial charge in [-0.1, -0.05) is 115 Å². The van der Waals surface area contributed by atoms with E-state index in [2.05, 4.69) is 167 Å². The van der Waals surface area contributed by atoms with Crippen molar-refractivity contribution in [1.29, 1.82) is 0 Å². The van der Waals surface area contributed by atoms with Crippen LogP contribution in [-0.2, 0) is 5.41 Å². The first-order valence-electron chi connectivity index (χ1n) is 15.9. The number of benzene rings is 7. The average molecular weight is 587 g/mol. The van der Waals surface area contributed by atoms with Gasteiger partial charge in [-0.2, -0.15) is 0 Å². The van der Waals surface area contributed by atoms with Gasteiger partial charge in [0.2, 0.25) is 0 Å². The van der Waals surface area contributed by atoms with Crippen LogP contribution in [0.3, 0.4) is 0 Å². The molecule has 214 valence electrons. The zero-order valence-electron chi connectivity index (χ0n) is 24.8. The maximum atomic E-state index is 7.11. The molecule has 0 radical (unpaired) electrons. The van der Waals surface area contributed by atoms with Gasteiger partial charge in [0, 0.05) is 33.0 Å². The van der Waals surface area contributed by atoms with Crippen molar-refractivity contribution in [3.63, 3.8) is 0 Å². The summed E-state index contributed by atoms with van der Waals surface area (Å²) < 4.78 is 12.0. The first kappa shape index (κ1) is 24.3. The van der Waals surface area contributed by atoms with Crippen LogP contribution in [0.4, 0.5) is 0 Å². The molecule has 4 heterocycles. The number of rotatable bonds is 1. The molecule has 9 aromatic rings. The summed E-state index contributed by atoms with van der Waals surface area (Å²) in [5, 5.41) is 4.87. The molecule has 0 bridgehead atoms. The molecule has 0 amide bonds. The van der Waals surface area contributed by atoms with E-state index in [-0.39, 0.29) is 0 Å². The normalized spacial score (nSPS) is 16.1. The Morgan fingerprint density at radius 2 is 1.07 bits per heavy atom. The lowest BCUT2D eigenvalue weighted by atomic mass is 9.61.